The van der Waals surface area contributed by atoms with E-state index in [4.69, 9.17) is 23.7 Å². The number of hydrogen-bond donors (Lipinski definition) is 1. The number of rotatable bonds is 13. The predicted octanol–water partition coefficient (Wildman–Crippen LogP) is 5.38. The zero-order chi connectivity index (χ0) is 30.2. The van der Waals surface area contributed by atoms with Gasteiger partial charge in [0, 0.05) is 69.4 Å². The van der Waals surface area contributed by atoms with E-state index in [0.29, 0.717) is 60.6 Å². The summed E-state index contributed by atoms with van der Waals surface area (Å²) >= 11 is 0. The molecule has 1 N–H and O–H groups in total. The summed E-state index contributed by atoms with van der Waals surface area (Å²) in [4.78, 5) is 19.1. The number of pyridine rings is 1. The molecule has 1 aliphatic carbocycles. The van der Waals surface area contributed by atoms with Gasteiger partial charge in [-0.25, -0.2) is 0 Å². The maximum Gasteiger partial charge on any atom is 0.225 e. The molecule has 0 bridgehead atoms. The maximum absolute atomic E-state index is 12.6. The van der Waals surface area contributed by atoms with E-state index in [2.05, 4.69) is 16.4 Å². The number of methoxy groups -OCH3 is 2. The van der Waals surface area contributed by atoms with Gasteiger partial charge < -0.3 is 33.9 Å². The largest absolute Gasteiger partial charge is 0.490 e. The summed E-state index contributed by atoms with van der Waals surface area (Å²) in [5, 5.41) is 14.1. The van der Waals surface area contributed by atoms with Crippen LogP contribution in [0.3, 0.4) is 0 Å². The highest BCUT2D eigenvalue weighted by molar-refractivity contribution is 5.97. The number of hydrogen-bond acceptors (Lipinski definition) is 9. The van der Waals surface area contributed by atoms with Crippen molar-refractivity contribution < 1.29 is 28.5 Å². The molecule has 1 amide bonds. The monoisotopic (exact) mass is 588 g/mol. The van der Waals surface area contributed by atoms with Crippen LogP contribution in [0.2, 0.25) is 0 Å². The van der Waals surface area contributed by atoms with Crippen molar-refractivity contribution in [3.8, 4) is 23.3 Å². The van der Waals surface area contributed by atoms with E-state index < -0.39 is 0 Å². The van der Waals surface area contributed by atoms with Gasteiger partial charge in [-0.1, -0.05) is 6.42 Å². The number of aromatic nitrogens is 1. The Morgan fingerprint density at radius 2 is 1.67 bits per heavy atom. The van der Waals surface area contributed by atoms with Crippen LogP contribution in [-0.2, 0) is 14.3 Å². The maximum atomic E-state index is 12.6. The van der Waals surface area contributed by atoms with Gasteiger partial charge in [0.25, 0.3) is 0 Å². The zero-order valence-corrected chi connectivity index (χ0v) is 25.2. The van der Waals surface area contributed by atoms with Gasteiger partial charge in [-0.3, -0.25) is 9.78 Å². The standard InChI is InChI=1S/C33H40N4O6/c1-22-17-25(7-8-29(22)43-26-9-11-37(12-10-26)33(38)23-5-4-6-23)36-32-24(20-34)21-35-28-19-31(42-16-14-40-3)30(18-27(28)32)41-15-13-39-2/h7-8,17-19,21,23,26H,4-6,9-16H2,1-3H3,(H,35,36). The lowest BCUT2D eigenvalue weighted by molar-refractivity contribution is -0.140. The number of fused-ring (bicyclic) bond motifs is 1. The van der Waals surface area contributed by atoms with E-state index in [1.165, 1.54) is 6.42 Å². The number of nitrogens with zero attached hydrogens (tertiary/aromatic N) is 3. The average molecular weight is 589 g/mol. The topological polar surface area (TPSA) is 115 Å². The summed E-state index contributed by atoms with van der Waals surface area (Å²) in [7, 11) is 3.23. The summed E-state index contributed by atoms with van der Waals surface area (Å²) in [5.74, 6) is 2.45. The molecule has 10 nitrogen and oxygen atoms in total. The highest BCUT2D eigenvalue weighted by Crippen LogP contribution is 2.38. The van der Waals surface area contributed by atoms with Crippen LogP contribution >= 0.6 is 0 Å². The lowest BCUT2D eigenvalue weighted by atomic mass is 9.84. The van der Waals surface area contributed by atoms with Crippen molar-refractivity contribution in [1.82, 2.24) is 9.88 Å². The quantitative estimate of drug-likeness (QED) is 0.263. The SMILES string of the molecule is COCCOc1cc2ncc(C#N)c(Nc3ccc(OC4CCN(C(=O)C5CCC5)CC4)c(C)c3)c2cc1OCCOC. The summed E-state index contributed by atoms with van der Waals surface area (Å²) < 4.78 is 28.5. The van der Waals surface area contributed by atoms with Crippen molar-refractivity contribution in [2.45, 2.75) is 45.1 Å². The fourth-order valence-corrected chi connectivity index (χ4v) is 5.41. The number of nitrogens with one attached hydrogen (secondary N) is 1. The molecule has 2 fully saturated rings. The molecular formula is C33H40N4O6. The molecule has 1 saturated heterocycles. The minimum absolute atomic E-state index is 0.0779. The summed E-state index contributed by atoms with van der Waals surface area (Å²) in [5.41, 5.74) is 3.49. The molecule has 2 aromatic carbocycles. The van der Waals surface area contributed by atoms with Gasteiger partial charge in [0.1, 0.15) is 31.1 Å². The molecule has 43 heavy (non-hydrogen) atoms. The Labute approximate surface area is 252 Å². The first-order chi connectivity index (χ1) is 21.0. The minimum atomic E-state index is 0.0779. The molecule has 10 heteroatoms. The van der Waals surface area contributed by atoms with Crippen LogP contribution in [0.1, 0.15) is 43.2 Å². The predicted molar refractivity (Wildman–Crippen MR) is 163 cm³/mol. The number of ether oxygens (including phenoxy) is 5. The molecule has 0 unspecified atom stereocenters. The Morgan fingerprint density at radius 3 is 2.28 bits per heavy atom. The lowest BCUT2D eigenvalue weighted by Crippen LogP contribution is -2.45. The Bertz CT molecular complexity index is 1460. The molecule has 228 valence electrons. The number of nitriles is 1. The van der Waals surface area contributed by atoms with E-state index in [-0.39, 0.29) is 12.0 Å². The van der Waals surface area contributed by atoms with Crippen LogP contribution in [0, 0.1) is 24.2 Å². The van der Waals surface area contributed by atoms with Gasteiger partial charge in [-0.15, -0.1) is 0 Å². The van der Waals surface area contributed by atoms with E-state index in [0.717, 1.165) is 61.2 Å². The van der Waals surface area contributed by atoms with E-state index in [1.807, 2.05) is 42.2 Å². The zero-order valence-electron chi connectivity index (χ0n) is 25.2. The van der Waals surface area contributed by atoms with Crippen LogP contribution in [0.4, 0.5) is 11.4 Å². The molecule has 1 aliphatic heterocycles. The second kappa shape index (κ2) is 14.4. The molecule has 1 aromatic heterocycles. The number of aryl methyl sites for hydroxylation is 1. The van der Waals surface area contributed by atoms with Gasteiger partial charge in [0.15, 0.2) is 11.5 Å². The van der Waals surface area contributed by atoms with Gasteiger partial charge in [0.2, 0.25) is 5.91 Å². The van der Waals surface area contributed by atoms with Crippen LogP contribution in [-0.4, -0.2) is 75.6 Å². The van der Waals surface area contributed by atoms with Crippen molar-refractivity contribution in [2.24, 2.45) is 5.92 Å². The number of carbonyl (C=O) groups is 1. The fourth-order valence-electron chi connectivity index (χ4n) is 5.41. The second-order valence-corrected chi connectivity index (χ2v) is 11.0. The molecule has 2 heterocycles. The van der Waals surface area contributed by atoms with Gasteiger partial charge in [-0.05, 0) is 49.6 Å². The van der Waals surface area contributed by atoms with E-state index in [1.54, 1.807) is 20.4 Å². The highest BCUT2D eigenvalue weighted by Gasteiger charge is 2.32. The van der Waals surface area contributed by atoms with Crippen LogP contribution in [0.15, 0.2) is 36.5 Å². The van der Waals surface area contributed by atoms with Gasteiger partial charge >= 0.3 is 0 Å². The third-order valence-electron chi connectivity index (χ3n) is 8.09. The lowest BCUT2D eigenvalue weighted by Gasteiger charge is -2.36. The van der Waals surface area contributed by atoms with Gasteiger partial charge in [-0.2, -0.15) is 5.26 Å². The Morgan fingerprint density at radius 1 is 0.977 bits per heavy atom. The molecule has 5 rings (SSSR count). The Hall–Kier alpha value is -4.07. The minimum Gasteiger partial charge on any atom is -0.490 e. The van der Waals surface area contributed by atoms with Crippen molar-refractivity contribution >= 4 is 28.2 Å². The first-order valence-electron chi connectivity index (χ1n) is 14.9. The molecule has 0 spiro atoms. The van der Waals surface area contributed by atoms with Crippen LogP contribution in [0.25, 0.3) is 10.9 Å². The fraction of sp³-hybridized carbons (Fsp3) is 0.485. The molecule has 2 aliphatic rings. The van der Waals surface area contributed by atoms with Crippen LogP contribution < -0.4 is 19.5 Å². The average Bonchev–Trinajstić information content (AvgIpc) is 2.98. The molecule has 0 atom stereocenters. The third kappa shape index (κ3) is 7.29. The van der Waals surface area contributed by atoms with E-state index >= 15 is 0 Å². The van der Waals surface area contributed by atoms with E-state index in [9.17, 15) is 10.1 Å². The molecular weight excluding hydrogens is 548 g/mol. The number of carbonyl (C=O) groups excluding carboxylic acids is 1. The number of likely N-dealkylation sites (tertiary alicyclic amines) is 1. The molecule has 0 radical (unpaired) electrons. The van der Waals surface area contributed by atoms with Crippen molar-refractivity contribution in [3.05, 3.63) is 47.7 Å². The number of amides is 1. The Kier molecular flexibility index (Phi) is 10.2. The molecule has 1 saturated carbocycles. The van der Waals surface area contributed by atoms with Gasteiger partial charge in [0.05, 0.1) is 30.0 Å². The first kappa shape index (κ1) is 30.4. The van der Waals surface area contributed by atoms with Crippen molar-refractivity contribution in [3.63, 3.8) is 0 Å². The smallest absolute Gasteiger partial charge is 0.225 e. The second-order valence-electron chi connectivity index (χ2n) is 11.0. The summed E-state index contributed by atoms with van der Waals surface area (Å²) in [6.45, 7) is 5.06. The Balaban J connectivity index is 1.32. The highest BCUT2D eigenvalue weighted by atomic mass is 16.5. The number of anilines is 2. The number of piperidine rings is 1. The third-order valence-corrected chi connectivity index (χ3v) is 8.09. The number of benzene rings is 2. The normalized spacial score (nSPS) is 15.5. The summed E-state index contributed by atoms with van der Waals surface area (Å²) in [6, 6.07) is 11.8. The first-order valence-corrected chi connectivity index (χ1v) is 14.9. The molecule has 3 aromatic rings. The van der Waals surface area contributed by atoms with Crippen molar-refractivity contribution in [2.75, 3.05) is 59.1 Å². The van der Waals surface area contributed by atoms with Crippen LogP contribution in [0.5, 0.6) is 17.2 Å². The summed E-state index contributed by atoms with van der Waals surface area (Å²) in [6.07, 6.45) is 6.54. The van der Waals surface area contributed by atoms with Crippen molar-refractivity contribution in [1.29, 1.82) is 5.26 Å².